The van der Waals surface area contributed by atoms with Crippen molar-refractivity contribution in [1.29, 1.82) is 0 Å². The predicted octanol–water partition coefficient (Wildman–Crippen LogP) is 0.197. The third-order valence-corrected chi connectivity index (χ3v) is 3.19. The molecule has 0 aromatic rings. The van der Waals surface area contributed by atoms with Gasteiger partial charge < -0.3 is 15.3 Å². The van der Waals surface area contributed by atoms with Gasteiger partial charge in [0.1, 0.15) is 0 Å². The summed E-state index contributed by atoms with van der Waals surface area (Å²) in [6, 6.07) is 0. The molecule has 2 aliphatic rings. The molecule has 76 valence electrons. The minimum atomic E-state index is -0.433. The maximum absolute atomic E-state index is 10.1. The van der Waals surface area contributed by atoms with Gasteiger partial charge in [-0.1, -0.05) is 6.42 Å². The fourth-order valence-corrected chi connectivity index (χ4v) is 2.40. The fourth-order valence-electron chi connectivity index (χ4n) is 2.40. The van der Waals surface area contributed by atoms with Crippen molar-refractivity contribution in [2.45, 2.75) is 31.3 Å². The molecule has 2 N–H and O–H groups in total. The van der Waals surface area contributed by atoms with Crippen molar-refractivity contribution >= 4 is 0 Å². The van der Waals surface area contributed by atoms with Crippen LogP contribution in [-0.4, -0.2) is 48.3 Å². The van der Waals surface area contributed by atoms with Gasteiger partial charge in [-0.2, -0.15) is 0 Å². The van der Waals surface area contributed by atoms with Crippen molar-refractivity contribution < 1.29 is 5.11 Å². The molecule has 2 saturated heterocycles. The summed E-state index contributed by atoms with van der Waals surface area (Å²) in [5, 5.41) is 13.4. The lowest BCUT2D eigenvalue weighted by Gasteiger charge is -2.33. The number of likely N-dealkylation sites (tertiary alicyclic amines) is 1. The molecular formula is C10H20N2O. The molecule has 0 amide bonds. The van der Waals surface area contributed by atoms with Gasteiger partial charge in [-0.15, -0.1) is 0 Å². The molecule has 0 unspecified atom stereocenters. The number of nitrogens with zero attached hydrogens (tertiary/aromatic N) is 1. The van der Waals surface area contributed by atoms with Crippen LogP contribution in [0, 0.1) is 0 Å². The monoisotopic (exact) mass is 184 g/mol. The summed E-state index contributed by atoms with van der Waals surface area (Å²) in [6.07, 6.45) is 4.91. The van der Waals surface area contributed by atoms with E-state index in [0.717, 1.165) is 26.1 Å². The van der Waals surface area contributed by atoms with E-state index in [-0.39, 0.29) is 0 Å². The Morgan fingerprint density at radius 2 is 2.00 bits per heavy atom. The maximum Gasteiger partial charge on any atom is 0.0909 e. The zero-order valence-electron chi connectivity index (χ0n) is 8.26. The van der Waals surface area contributed by atoms with E-state index in [4.69, 9.17) is 0 Å². The van der Waals surface area contributed by atoms with Crippen LogP contribution >= 0.6 is 0 Å². The van der Waals surface area contributed by atoms with Crippen LogP contribution in [0.1, 0.15) is 25.7 Å². The van der Waals surface area contributed by atoms with Crippen molar-refractivity contribution in [3.8, 4) is 0 Å². The molecule has 2 rings (SSSR count). The number of piperidine rings is 1. The van der Waals surface area contributed by atoms with E-state index >= 15 is 0 Å². The predicted molar refractivity (Wildman–Crippen MR) is 52.7 cm³/mol. The zero-order valence-corrected chi connectivity index (χ0v) is 8.26. The van der Waals surface area contributed by atoms with Crippen molar-refractivity contribution in [3.05, 3.63) is 0 Å². The molecule has 2 fully saturated rings. The quantitative estimate of drug-likeness (QED) is 0.643. The summed E-state index contributed by atoms with van der Waals surface area (Å²) in [7, 11) is 0. The number of aliphatic hydroxyl groups is 1. The third-order valence-electron chi connectivity index (χ3n) is 3.19. The highest BCUT2D eigenvalue weighted by molar-refractivity contribution is 4.90. The van der Waals surface area contributed by atoms with E-state index in [9.17, 15) is 5.11 Å². The van der Waals surface area contributed by atoms with E-state index in [0.29, 0.717) is 0 Å². The van der Waals surface area contributed by atoms with Crippen LogP contribution in [0.5, 0.6) is 0 Å². The highest BCUT2D eigenvalue weighted by Gasteiger charge is 2.33. The van der Waals surface area contributed by atoms with E-state index in [1.165, 1.54) is 32.4 Å². The van der Waals surface area contributed by atoms with Gasteiger partial charge in [0, 0.05) is 13.1 Å². The van der Waals surface area contributed by atoms with Gasteiger partial charge >= 0.3 is 0 Å². The zero-order chi connectivity index (χ0) is 9.15. The van der Waals surface area contributed by atoms with E-state index in [2.05, 4.69) is 10.2 Å². The van der Waals surface area contributed by atoms with Crippen LogP contribution in [0.15, 0.2) is 0 Å². The molecule has 3 heteroatoms. The van der Waals surface area contributed by atoms with Crippen molar-refractivity contribution in [3.63, 3.8) is 0 Å². The highest BCUT2D eigenvalue weighted by Crippen LogP contribution is 2.18. The maximum atomic E-state index is 10.1. The molecule has 0 bridgehead atoms. The minimum absolute atomic E-state index is 0.433. The van der Waals surface area contributed by atoms with Crippen LogP contribution in [-0.2, 0) is 0 Å². The van der Waals surface area contributed by atoms with Crippen molar-refractivity contribution in [1.82, 2.24) is 10.2 Å². The van der Waals surface area contributed by atoms with Crippen LogP contribution in [0.4, 0.5) is 0 Å². The molecule has 0 radical (unpaired) electrons. The highest BCUT2D eigenvalue weighted by atomic mass is 16.3. The molecule has 0 aliphatic carbocycles. The molecule has 3 nitrogen and oxygen atoms in total. The second-order valence-corrected chi connectivity index (χ2v) is 4.49. The normalized spacial score (nSPS) is 36.7. The van der Waals surface area contributed by atoms with Crippen molar-refractivity contribution in [2.24, 2.45) is 0 Å². The molecule has 0 aromatic heterocycles. The minimum Gasteiger partial charge on any atom is -0.387 e. The molecular weight excluding hydrogens is 164 g/mol. The number of rotatable bonds is 2. The van der Waals surface area contributed by atoms with Gasteiger partial charge in [-0.05, 0) is 38.9 Å². The summed E-state index contributed by atoms with van der Waals surface area (Å²) < 4.78 is 0. The average Bonchev–Trinajstić information content (AvgIpc) is 2.54. The fraction of sp³-hybridized carbons (Fsp3) is 1.00. The summed E-state index contributed by atoms with van der Waals surface area (Å²) in [6.45, 7) is 5.00. The van der Waals surface area contributed by atoms with Gasteiger partial charge in [0.05, 0.1) is 5.60 Å². The van der Waals surface area contributed by atoms with E-state index in [1.807, 2.05) is 0 Å². The lowest BCUT2D eigenvalue weighted by Crippen LogP contribution is -2.46. The number of β-amino-alcohol motifs (C(OH)–C–C–N with tert-alkyl or cyclic N) is 1. The Labute approximate surface area is 80.1 Å². The standard InChI is InChI=1S/C10H20N2O/c13-10(4-5-11-8-10)9-12-6-2-1-3-7-12/h11,13H,1-9H2/t10-/m1/s1. The smallest absolute Gasteiger partial charge is 0.0909 e. The van der Waals surface area contributed by atoms with Crippen LogP contribution in [0.2, 0.25) is 0 Å². The molecule has 1 atom stereocenters. The Morgan fingerprint density at radius 1 is 1.23 bits per heavy atom. The Morgan fingerprint density at radius 3 is 2.62 bits per heavy atom. The average molecular weight is 184 g/mol. The first kappa shape index (κ1) is 9.44. The second-order valence-electron chi connectivity index (χ2n) is 4.49. The lowest BCUT2D eigenvalue weighted by molar-refractivity contribution is 0.0155. The largest absolute Gasteiger partial charge is 0.387 e. The van der Waals surface area contributed by atoms with Gasteiger partial charge in [-0.25, -0.2) is 0 Å². The summed E-state index contributed by atoms with van der Waals surface area (Å²) in [4.78, 5) is 2.41. The summed E-state index contributed by atoms with van der Waals surface area (Å²) in [5.74, 6) is 0. The molecule has 0 spiro atoms. The lowest BCUT2D eigenvalue weighted by atomic mass is 10.0. The molecule has 0 aromatic carbocycles. The Balaban J connectivity index is 1.81. The SMILES string of the molecule is O[C@]1(CN2CCCCC2)CCNC1. The Bertz CT molecular complexity index is 160. The van der Waals surface area contributed by atoms with Gasteiger partial charge in [0.2, 0.25) is 0 Å². The number of nitrogens with one attached hydrogen (secondary N) is 1. The number of hydrogen-bond donors (Lipinski definition) is 2. The van der Waals surface area contributed by atoms with Gasteiger partial charge in [0.15, 0.2) is 0 Å². The van der Waals surface area contributed by atoms with Gasteiger partial charge in [-0.3, -0.25) is 0 Å². The van der Waals surface area contributed by atoms with Crippen LogP contribution < -0.4 is 5.32 Å². The van der Waals surface area contributed by atoms with Crippen LogP contribution in [0.3, 0.4) is 0 Å². The summed E-state index contributed by atoms with van der Waals surface area (Å²) >= 11 is 0. The molecule has 13 heavy (non-hydrogen) atoms. The van der Waals surface area contributed by atoms with Crippen LogP contribution in [0.25, 0.3) is 0 Å². The third kappa shape index (κ3) is 2.42. The summed E-state index contributed by atoms with van der Waals surface area (Å²) in [5.41, 5.74) is -0.433. The first-order chi connectivity index (χ1) is 6.29. The first-order valence-electron chi connectivity index (χ1n) is 5.44. The van der Waals surface area contributed by atoms with E-state index in [1.54, 1.807) is 0 Å². The Kier molecular flexibility index (Phi) is 2.86. The van der Waals surface area contributed by atoms with E-state index < -0.39 is 5.60 Å². The molecule has 2 heterocycles. The van der Waals surface area contributed by atoms with Crippen molar-refractivity contribution in [2.75, 3.05) is 32.7 Å². The molecule has 2 aliphatic heterocycles. The Hall–Kier alpha value is -0.120. The second kappa shape index (κ2) is 3.95. The number of hydrogen-bond acceptors (Lipinski definition) is 3. The van der Waals surface area contributed by atoms with Gasteiger partial charge in [0.25, 0.3) is 0 Å². The first-order valence-corrected chi connectivity index (χ1v) is 5.44. The molecule has 0 saturated carbocycles. The topological polar surface area (TPSA) is 35.5 Å².